The van der Waals surface area contributed by atoms with Crippen LogP contribution in [0.25, 0.3) is 0 Å². The zero-order valence-electron chi connectivity index (χ0n) is 19.6. The molecule has 5 heteroatoms. The minimum absolute atomic E-state index is 0. The summed E-state index contributed by atoms with van der Waals surface area (Å²) in [5.74, 6) is 0. The first-order chi connectivity index (χ1) is 12.9. The smallest absolute Gasteiger partial charge is 0.324 e. The summed E-state index contributed by atoms with van der Waals surface area (Å²) < 4.78 is 0.921. The number of hydrogen-bond acceptors (Lipinski definition) is 2. The summed E-state index contributed by atoms with van der Waals surface area (Å²) in [6, 6.07) is 0. The van der Waals surface area contributed by atoms with Crippen LogP contribution in [-0.2, 0) is 0 Å². The van der Waals surface area contributed by atoms with Gasteiger partial charge in [0.25, 0.3) is 0 Å². The number of nitrogens with zero attached hydrogens (tertiary/aromatic N) is 1. The van der Waals surface area contributed by atoms with Gasteiger partial charge in [-0.2, -0.15) is 0 Å². The molecule has 28 heavy (non-hydrogen) atoms. The molecule has 172 valence electrons. The van der Waals surface area contributed by atoms with Gasteiger partial charge in [-0.15, -0.1) is 0 Å². The predicted octanol–water partition coefficient (Wildman–Crippen LogP) is 2.92. The third kappa shape index (κ3) is 21.1. The van der Waals surface area contributed by atoms with Gasteiger partial charge in [-0.25, -0.2) is 0 Å². The summed E-state index contributed by atoms with van der Waals surface area (Å²) in [6.45, 7) is 6.31. The van der Waals surface area contributed by atoms with Gasteiger partial charge in [0.1, 0.15) is 0 Å². The van der Waals surface area contributed by atoms with Crippen LogP contribution < -0.4 is 12.4 Å². The molecule has 0 amide bonds. The van der Waals surface area contributed by atoms with E-state index in [2.05, 4.69) is 21.0 Å². The largest absolute Gasteiger partial charge is 1.00 e. The lowest BCUT2D eigenvalue weighted by molar-refractivity contribution is -0.890. The van der Waals surface area contributed by atoms with Crippen molar-refractivity contribution < 1.29 is 26.5 Å². The van der Waals surface area contributed by atoms with E-state index in [1.165, 1.54) is 103 Å². The Labute approximate surface area is 185 Å². The molecule has 2 N–H and O–H groups in total. The van der Waals surface area contributed by atoms with E-state index in [1.807, 2.05) is 6.92 Å². The summed E-state index contributed by atoms with van der Waals surface area (Å²) in [7, 11) is 1.98. The molecule has 0 aromatic heterocycles. The highest BCUT2D eigenvalue weighted by molar-refractivity contribution is 6.43. The van der Waals surface area contributed by atoms with Gasteiger partial charge in [0.05, 0.1) is 27.2 Å². The first-order valence-electron chi connectivity index (χ1n) is 12.1. The van der Waals surface area contributed by atoms with Crippen LogP contribution in [0.15, 0.2) is 0 Å². The zero-order valence-corrected chi connectivity index (χ0v) is 21.5. The average Bonchev–Trinajstić information content (AvgIpc) is 2.60. The van der Waals surface area contributed by atoms with Crippen LogP contribution in [0.5, 0.6) is 0 Å². The van der Waals surface area contributed by atoms with Crippen LogP contribution in [-0.4, -0.2) is 50.5 Å². The summed E-state index contributed by atoms with van der Waals surface area (Å²) in [4.78, 5) is 18.8. The highest BCUT2D eigenvalue weighted by atomic mass is 35.5. The van der Waals surface area contributed by atoms with Crippen molar-refractivity contribution in [3.63, 3.8) is 0 Å². The van der Waals surface area contributed by atoms with Crippen molar-refractivity contribution in [3.05, 3.63) is 0 Å². The highest BCUT2D eigenvalue weighted by Crippen LogP contribution is 2.16. The number of halogens is 1. The van der Waals surface area contributed by atoms with E-state index in [-0.39, 0.29) is 17.9 Å². The molecule has 0 heterocycles. The molecule has 0 radical (unpaired) electrons. The van der Waals surface area contributed by atoms with Crippen molar-refractivity contribution in [1.29, 1.82) is 0 Å². The van der Waals surface area contributed by atoms with Gasteiger partial charge in [0.15, 0.2) is 0 Å². The molecule has 0 aliphatic rings. The number of unbranched alkanes of at least 4 members (excludes halogenated alkanes) is 15. The Kier molecular flexibility index (Phi) is 22.6. The molecule has 0 fully saturated rings. The molecule has 0 aromatic rings. The zero-order chi connectivity index (χ0) is 20.4. The molecule has 0 saturated carbocycles. The van der Waals surface area contributed by atoms with E-state index < -0.39 is 9.28 Å². The lowest BCUT2D eigenvalue weighted by atomic mass is 10.0. The minimum Gasteiger partial charge on any atom is -1.00 e. The summed E-state index contributed by atoms with van der Waals surface area (Å²) in [6.07, 6.45) is 22.6. The van der Waals surface area contributed by atoms with Crippen molar-refractivity contribution in [1.82, 2.24) is 0 Å². The molecule has 3 nitrogen and oxygen atoms in total. The molecule has 1 unspecified atom stereocenters. The third-order valence-corrected chi connectivity index (χ3v) is 7.14. The summed E-state index contributed by atoms with van der Waals surface area (Å²) in [5.41, 5.74) is 0.0843. The Hall–Kier alpha value is 0.387. The van der Waals surface area contributed by atoms with Crippen LogP contribution >= 0.6 is 0 Å². The third-order valence-electron chi connectivity index (χ3n) is 5.91. The fourth-order valence-corrected chi connectivity index (χ4v) is 4.81. The SMILES string of the molecule is CCCCCCCCCCCCCCCCCC[N+](C)(C)CC(C)[SiH](O)O.[Cl-]. The number of quaternary nitrogens is 1. The van der Waals surface area contributed by atoms with E-state index in [0.717, 1.165) is 17.6 Å². The predicted molar refractivity (Wildman–Crippen MR) is 122 cm³/mol. The van der Waals surface area contributed by atoms with Crippen molar-refractivity contribution >= 4 is 9.28 Å². The van der Waals surface area contributed by atoms with Gasteiger partial charge in [-0.05, 0) is 12.8 Å². The topological polar surface area (TPSA) is 40.5 Å². The van der Waals surface area contributed by atoms with Crippen LogP contribution in [0, 0.1) is 0 Å². The second-order valence-corrected chi connectivity index (χ2v) is 11.5. The Bertz CT molecular complexity index is 317. The van der Waals surface area contributed by atoms with Gasteiger partial charge < -0.3 is 26.5 Å². The van der Waals surface area contributed by atoms with Crippen LogP contribution in [0.3, 0.4) is 0 Å². The fourth-order valence-electron chi connectivity index (χ4n) is 4.05. The molecule has 0 spiro atoms. The van der Waals surface area contributed by atoms with Crippen LogP contribution in [0.1, 0.15) is 117 Å². The Balaban J connectivity index is 0. The van der Waals surface area contributed by atoms with E-state index in [4.69, 9.17) is 0 Å². The summed E-state index contributed by atoms with van der Waals surface area (Å²) in [5, 5.41) is 0. The molecule has 0 bridgehead atoms. The van der Waals surface area contributed by atoms with Gasteiger partial charge in [-0.3, -0.25) is 0 Å². The average molecular weight is 438 g/mol. The minimum atomic E-state index is -2.46. The maximum absolute atomic E-state index is 9.38. The molecule has 0 rings (SSSR count). The molecule has 0 aliphatic carbocycles. The molecule has 0 saturated heterocycles. The maximum Gasteiger partial charge on any atom is 0.324 e. The number of rotatable bonds is 20. The van der Waals surface area contributed by atoms with Gasteiger partial charge >= 0.3 is 9.28 Å². The molecule has 0 aliphatic heterocycles. The molecular weight excluding hydrogens is 386 g/mol. The van der Waals surface area contributed by atoms with E-state index in [0.29, 0.717) is 0 Å². The highest BCUT2D eigenvalue weighted by Gasteiger charge is 2.24. The standard InChI is InChI=1S/C23H52NO2Si.ClH/c1-5-6-7-8-9-10-11-12-13-14-15-16-17-18-19-20-21-24(3,4)22-23(2)27(25)26;/h23,25-27H,5-22H2,1-4H3;1H/q+1;/p-1. The van der Waals surface area contributed by atoms with Gasteiger partial charge in [-0.1, -0.05) is 104 Å². The van der Waals surface area contributed by atoms with Gasteiger partial charge in [0, 0.05) is 5.54 Å². The quantitative estimate of drug-likeness (QED) is 0.174. The van der Waals surface area contributed by atoms with Crippen LogP contribution in [0.4, 0.5) is 0 Å². The van der Waals surface area contributed by atoms with E-state index in [9.17, 15) is 9.59 Å². The second kappa shape index (κ2) is 20.7. The van der Waals surface area contributed by atoms with Crippen molar-refractivity contribution in [2.75, 3.05) is 27.2 Å². The van der Waals surface area contributed by atoms with E-state index >= 15 is 0 Å². The molecular formula is C23H52ClNO2Si. The second-order valence-electron chi connectivity index (χ2n) is 9.54. The maximum atomic E-state index is 9.38. The lowest BCUT2D eigenvalue weighted by Gasteiger charge is -2.32. The monoisotopic (exact) mass is 437 g/mol. The Morgan fingerprint density at radius 1 is 0.643 bits per heavy atom. The van der Waals surface area contributed by atoms with Gasteiger partial charge in [0.2, 0.25) is 0 Å². The first kappa shape index (κ1) is 30.6. The van der Waals surface area contributed by atoms with Crippen LogP contribution in [0.2, 0.25) is 5.54 Å². The van der Waals surface area contributed by atoms with Crippen molar-refractivity contribution in [3.8, 4) is 0 Å². The normalized spacial score (nSPS) is 13.0. The Morgan fingerprint density at radius 2 is 0.964 bits per heavy atom. The van der Waals surface area contributed by atoms with Crippen molar-refractivity contribution in [2.45, 2.75) is 122 Å². The first-order valence-corrected chi connectivity index (χ1v) is 13.8. The molecule has 0 aromatic carbocycles. The lowest BCUT2D eigenvalue weighted by Crippen LogP contribution is -3.00. The fraction of sp³-hybridized carbons (Fsp3) is 1.00. The Morgan fingerprint density at radius 3 is 1.29 bits per heavy atom. The molecule has 1 atom stereocenters. The van der Waals surface area contributed by atoms with E-state index in [1.54, 1.807) is 0 Å². The van der Waals surface area contributed by atoms with Crippen molar-refractivity contribution in [2.24, 2.45) is 0 Å². The summed E-state index contributed by atoms with van der Waals surface area (Å²) >= 11 is 0. The number of hydrogen-bond donors (Lipinski definition) is 2.